The smallest absolute Gasteiger partial charge is 0.333 e. The summed E-state index contributed by atoms with van der Waals surface area (Å²) in [5.41, 5.74) is -0.0227. The topological polar surface area (TPSA) is 69.4 Å². The van der Waals surface area contributed by atoms with Crippen molar-refractivity contribution < 1.29 is 14.0 Å². The van der Waals surface area contributed by atoms with Crippen molar-refractivity contribution in [1.29, 1.82) is 0 Å². The number of hydrogen-bond donors (Lipinski definition) is 0. The first-order valence-corrected chi connectivity index (χ1v) is 10.5. The molecule has 122 valence electrons. The Morgan fingerprint density at radius 3 is 2.35 bits per heavy atom. The Morgan fingerprint density at radius 2 is 1.78 bits per heavy atom. The Labute approximate surface area is 139 Å². The zero-order valence-corrected chi connectivity index (χ0v) is 14.5. The number of nitrogens with zero attached hydrogens (tertiary/aromatic N) is 1. The summed E-state index contributed by atoms with van der Waals surface area (Å²) in [6, 6.07) is 14.7. The second-order valence-electron chi connectivity index (χ2n) is 4.86. The van der Waals surface area contributed by atoms with E-state index in [1.165, 1.54) is 35.6 Å². The number of hydrogen-bond acceptors (Lipinski definition) is 5. The SMILES string of the molecule is CCCCSP(=O)(Oc1ccc([N+](=O)[O-])cc1)c1ccccc1. The molecular formula is C16H18NO4PS. The lowest BCUT2D eigenvalue weighted by molar-refractivity contribution is -0.384. The first-order valence-electron chi connectivity index (χ1n) is 7.29. The van der Waals surface area contributed by atoms with Gasteiger partial charge >= 0.3 is 6.57 Å². The molecule has 1 atom stereocenters. The lowest BCUT2D eigenvalue weighted by Gasteiger charge is -2.19. The highest BCUT2D eigenvalue weighted by Crippen LogP contribution is 2.58. The van der Waals surface area contributed by atoms with Crippen LogP contribution in [0.2, 0.25) is 0 Å². The molecule has 0 fully saturated rings. The Bertz CT molecular complexity index is 691. The van der Waals surface area contributed by atoms with Crippen LogP contribution in [0.4, 0.5) is 5.69 Å². The first-order chi connectivity index (χ1) is 11.0. The zero-order chi connectivity index (χ0) is 16.7. The van der Waals surface area contributed by atoms with Crippen molar-refractivity contribution in [3.8, 4) is 5.75 Å². The average Bonchev–Trinajstić information content (AvgIpc) is 2.56. The van der Waals surface area contributed by atoms with Gasteiger partial charge in [-0.15, -0.1) is 0 Å². The number of nitro benzene ring substituents is 1. The fraction of sp³-hybridized carbons (Fsp3) is 0.250. The van der Waals surface area contributed by atoms with E-state index in [1.807, 2.05) is 18.2 Å². The Morgan fingerprint density at radius 1 is 1.13 bits per heavy atom. The van der Waals surface area contributed by atoms with Crippen LogP contribution in [0.1, 0.15) is 19.8 Å². The molecule has 0 aliphatic rings. The predicted molar refractivity (Wildman–Crippen MR) is 94.8 cm³/mol. The Balaban J connectivity index is 2.23. The molecule has 0 aromatic heterocycles. The van der Waals surface area contributed by atoms with Gasteiger partial charge in [0.1, 0.15) is 5.75 Å². The van der Waals surface area contributed by atoms with E-state index in [-0.39, 0.29) is 5.69 Å². The van der Waals surface area contributed by atoms with Crippen LogP contribution in [-0.2, 0) is 4.57 Å². The first kappa shape index (κ1) is 17.6. The van der Waals surface area contributed by atoms with Crippen molar-refractivity contribution in [2.24, 2.45) is 0 Å². The van der Waals surface area contributed by atoms with Gasteiger partial charge in [0.25, 0.3) is 5.69 Å². The number of unbranched alkanes of at least 4 members (excludes halogenated alkanes) is 1. The third-order valence-electron chi connectivity index (χ3n) is 3.10. The molecule has 0 heterocycles. The van der Waals surface area contributed by atoms with E-state index in [2.05, 4.69) is 6.92 Å². The van der Waals surface area contributed by atoms with Gasteiger partial charge in [-0.05, 0) is 30.7 Å². The summed E-state index contributed by atoms with van der Waals surface area (Å²) in [7, 11) is 0. The van der Waals surface area contributed by atoms with Crippen LogP contribution in [0.25, 0.3) is 0 Å². The highest BCUT2D eigenvalue weighted by molar-refractivity contribution is 8.58. The summed E-state index contributed by atoms with van der Waals surface area (Å²) in [5.74, 6) is 1.10. The molecule has 0 amide bonds. The van der Waals surface area contributed by atoms with Gasteiger partial charge in [0.15, 0.2) is 0 Å². The molecule has 0 bridgehead atoms. The van der Waals surface area contributed by atoms with E-state index in [1.54, 1.807) is 12.1 Å². The van der Waals surface area contributed by atoms with Crippen molar-refractivity contribution in [3.63, 3.8) is 0 Å². The predicted octanol–water partition coefficient (Wildman–Crippen LogP) is 5.03. The average molecular weight is 351 g/mol. The number of benzene rings is 2. The third kappa shape index (κ3) is 4.85. The molecular weight excluding hydrogens is 333 g/mol. The molecule has 2 aromatic carbocycles. The number of nitro groups is 1. The zero-order valence-electron chi connectivity index (χ0n) is 12.8. The van der Waals surface area contributed by atoms with Gasteiger partial charge in [0.05, 0.1) is 10.2 Å². The lowest BCUT2D eigenvalue weighted by Crippen LogP contribution is -2.07. The third-order valence-corrected chi connectivity index (χ3v) is 7.72. The standard InChI is InChI=1S/C16H18NO4PS/c1-2-3-13-23-22(20,16-7-5-4-6-8-16)21-15-11-9-14(10-12-15)17(18)19/h4-12H,2-3,13H2,1H3. The minimum Gasteiger partial charge on any atom is -0.433 e. The van der Waals surface area contributed by atoms with Gasteiger partial charge in [-0.1, -0.05) is 42.9 Å². The summed E-state index contributed by atoms with van der Waals surface area (Å²) in [6.07, 6.45) is 1.96. The molecule has 0 aliphatic heterocycles. The molecule has 0 N–H and O–H groups in total. The van der Waals surface area contributed by atoms with Gasteiger partial charge < -0.3 is 4.52 Å². The molecule has 0 aliphatic carbocycles. The molecule has 0 saturated carbocycles. The van der Waals surface area contributed by atoms with Crippen LogP contribution in [0, 0.1) is 10.1 Å². The molecule has 2 aromatic rings. The van der Waals surface area contributed by atoms with E-state index < -0.39 is 11.5 Å². The minimum atomic E-state index is -3.12. The van der Waals surface area contributed by atoms with Gasteiger partial charge in [0.2, 0.25) is 0 Å². The number of non-ortho nitro benzene ring substituents is 1. The van der Waals surface area contributed by atoms with E-state index in [0.29, 0.717) is 11.1 Å². The van der Waals surface area contributed by atoms with E-state index >= 15 is 0 Å². The lowest BCUT2D eigenvalue weighted by atomic mass is 10.3. The van der Waals surface area contributed by atoms with Crippen LogP contribution in [-0.4, -0.2) is 10.7 Å². The highest BCUT2D eigenvalue weighted by atomic mass is 32.7. The van der Waals surface area contributed by atoms with Crippen molar-refractivity contribution in [2.45, 2.75) is 19.8 Å². The van der Waals surface area contributed by atoms with Crippen molar-refractivity contribution >= 4 is 28.9 Å². The maximum absolute atomic E-state index is 13.3. The second-order valence-corrected chi connectivity index (χ2v) is 9.44. The van der Waals surface area contributed by atoms with Crippen LogP contribution in [0.15, 0.2) is 54.6 Å². The fourth-order valence-corrected chi connectivity index (χ4v) is 6.10. The van der Waals surface area contributed by atoms with E-state index in [4.69, 9.17) is 4.52 Å². The van der Waals surface area contributed by atoms with Crippen molar-refractivity contribution in [2.75, 3.05) is 5.75 Å². The summed E-state index contributed by atoms with van der Waals surface area (Å²) in [5, 5.41) is 11.3. The number of rotatable bonds is 8. The summed E-state index contributed by atoms with van der Waals surface area (Å²) >= 11 is 1.31. The molecule has 0 radical (unpaired) electrons. The normalized spacial score (nSPS) is 13.3. The fourth-order valence-electron chi connectivity index (χ4n) is 1.86. The second kappa shape index (κ2) is 8.18. The van der Waals surface area contributed by atoms with Crippen LogP contribution < -0.4 is 9.83 Å². The molecule has 1 unspecified atom stereocenters. The molecule has 5 nitrogen and oxygen atoms in total. The molecule has 7 heteroatoms. The largest absolute Gasteiger partial charge is 0.433 e. The van der Waals surface area contributed by atoms with Crippen LogP contribution in [0.5, 0.6) is 5.75 Å². The summed E-state index contributed by atoms with van der Waals surface area (Å²) < 4.78 is 19.0. The Hall–Kier alpha value is -1.78. The highest BCUT2D eigenvalue weighted by Gasteiger charge is 2.28. The molecule has 0 saturated heterocycles. The van der Waals surface area contributed by atoms with Crippen LogP contribution in [0.3, 0.4) is 0 Å². The molecule has 23 heavy (non-hydrogen) atoms. The maximum Gasteiger partial charge on any atom is 0.333 e. The van der Waals surface area contributed by atoms with Gasteiger partial charge in [-0.3, -0.25) is 14.7 Å². The van der Waals surface area contributed by atoms with E-state index in [9.17, 15) is 14.7 Å². The van der Waals surface area contributed by atoms with Gasteiger partial charge in [-0.2, -0.15) is 0 Å². The molecule has 2 rings (SSSR count). The summed E-state index contributed by atoms with van der Waals surface area (Å²) in [4.78, 5) is 10.2. The van der Waals surface area contributed by atoms with Crippen molar-refractivity contribution in [3.05, 3.63) is 64.7 Å². The van der Waals surface area contributed by atoms with Crippen molar-refractivity contribution in [1.82, 2.24) is 0 Å². The van der Waals surface area contributed by atoms with E-state index in [0.717, 1.165) is 18.6 Å². The molecule has 0 spiro atoms. The Kier molecular flexibility index (Phi) is 6.25. The monoisotopic (exact) mass is 351 g/mol. The maximum atomic E-state index is 13.3. The van der Waals surface area contributed by atoms with Crippen LogP contribution >= 0.6 is 18.0 Å². The minimum absolute atomic E-state index is 0.0227. The summed E-state index contributed by atoms with van der Waals surface area (Å²) in [6.45, 7) is -1.04. The van der Waals surface area contributed by atoms with Gasteiger partial charge in [-0.25, -0.2) is 0 Å². The quantitative estimate of drug-likeness (QED) is 0.289. The van der Waals surface area contributed by atoms with Gasteiger partial charge in [0, 0.05) is 17.9 Å².